The van der Waals surface area contributed by atoms with Crippen molar-refractivity contribution in [2.24, 2.45) is 0 Å². The van der Waals surface area contributed by atoms with E-state index >= 15 is 0 Å². The smallest absolute Gasteiger partial charge is 0.307 e. The Morgan fingerprint density at radius 1 is 0.451 bits per heavy atom. The fourth-order valence-electron chi connectivity index (χ4n) is 10.4. The van der Waals surface area contributed by atoms with E-state index in [-0.39, 0.29) is 0 Å². The van der Waals surface area contributed by atoms with Gasteiger partial charge in [0, 0.05) is 38.4 Å². The van der Waals surface area contributed by atoms with E-state index < -0.39 is 5.66 Å². The second-order valence-corrected chi connectivity index (χ2v) is 14.3. The number of para-hydroxylation sites is 4. The van der Waals surface area contributed by atoms with Gasteiger partial charge >= 0.3 is 5.66 Å². The van der Waals surface area contributed by atoms with Gasteiger partial charge in [0.25, 0.3) is 5.82 Å². The first-order valence-electron chi connectivity index (χ1n) is 17.6. The van der Waals surface area contributed by atoms with Crippen molar-refractivity contribution < 1.29 is 9.25 Å². The van der Waals surface area contributed by atoms with E-state index in [1.54, 1.807) is 0 Å². The minimum atomic E-state index is -0.688. The molecule has 1 atom stereocenters. The van der Waals surface area contributed by atoms with Gasteiger partial charge in [-0.3, -0.25) is 0 Å². The Balaban J connectivity index is 1.25. The van der Waals surface area contributed by atoms with Crippen LogP contribution in [0.5, 0.6) is 0 Å². The van der Waals surface area contributed by atoms with Gasteiger partial charge in [-0.25, -0.2) is 0 Å². The zero-order valence-corrected chi connectivity index (χ0v) is 27.2. The lowest BCUT2D eigenvalue weighted by atomic mass is 9.82. The van der Waals surface area contributed by atoms with Crippen molar-refractivity contribution in [3.05, 3.63) is 169 Å². The molecule has 8 heterocycles. The summed E-state index contributed by atoms with van der Waals surface area (Å²) in [5.41, 5.74) is 12.9. The third-order valence-corrected chi connectivity index (χ3v) is 12.1. The van der Waals surface area contributed by atoms with Crippen molar-refractivity contribution in [3.8, 4) is 22.9 Å². The molecular formula is C45H26N6+2. The molecule has 6 aromatic carbocycles. The Kier molecular flexibility index (Phi) is 3.98. The maximum Gasteiger partial charge on any atom is 0.394 e. The Hall–Kier alpha value is -6.92. The monoisotopic (exact) mass is 650 g/mol. The lowest BCUT2D eigenvalue weighted by molar-refractivity contribution is -0.993. The summed E-state index contributed by atoms with van der Waals surface area (Å²) in [6.07, 6.45) is 7.04. The molecule has 0 aliphatic carbocycles. The van der Waals surface area contributed by atoms with Gasteiger partial charge in [-0.2, -0.15) is 9.13 Å². The predicted octanol–water partition coefficient (Wildman–Crippen LogP) is 8.58. The Bertz CT molecular complexity index is 3350. The molecule has 0 saturated heterocycles. The first-order valence-corrected chi connectivity index (χ1v) is 17.6. The highest BCUT2D eigenvalue weighted by Crippen LogP contribution is 2.54. The quantitative estimate of drug-likeness (QED) is 0.159. The first kappa shape index (κ1) is 25.1. The average molecular weight is 651 g/mol. The molecule has 5 aromatic heterocycles. The zero-order valence-electron chi connectivity index (χ0n) is 27.2. The molecule has 6 heteroatoms. The van der Waals surface area contributed by atoms with E-state index in [0.29, 0.717) is 0 Å². The molecule has 3 aliphatic rings. The standard InChI is InChI=1S/C45H26N6/c1-5-16-34-28(12-1)29-13-2-6-17-35(29)49(34)27-25-47-38-20-11-21-39-41(38)45(48(47)26-27)42-43-32(30-14-3-7-18-36(30)50(39)43)24-33-31-15-4-8-19-37(31)51(44(33)42)40-22-9-10-23-46(40)45/h1-26H/q+2. The summed E-state index contributed by atoms with van der Waals surface area (Å²) in [7, 11) is 0. The summed E-state index contributed by atoms with van der Waals surface area (Å²) in [6.45, 7) is 0. The number of fused-ring (bicyclic) bond motifs is 14. The maximum atomic E-state index is 2.55. The molecule has 1 unspecified atom stereocenters. The molecule has 0 fully saturated rings. The topological polar surface area (TPSA) is 27.5 Å². The van der Waals surface area contributed by atoms with Crippen molar-refractivity contribution in [2.75, 3.05) is 0 Å². The van der Waals surface area contributed by atoms with Gasteiger partial charge in [0.1, 0.15) is 28.0 Å². The van der Waals surface area contributed by atoms with Crippen LogP contribution in [0, 0.1) is 0 Å². The molecule has 1 spiro atoms. The highest BCUT2D eigenvalue weighted by molar-refractivity contribution is 6.22. The summed E-state index contributed by atoms with van der Waals surface area (Å²) < 4.78 is 15.0. The summed E-state index contributed by atoms with van der Waals surface area (Å²) in [6, 6.07) is 51.5. The highest BCUT2D eigenvalue weighted by atomic mass is 15.5. The minimum Gasteiger partial charge on any atom is -0.307 e. The van der Waals surface area contributed by atoms with Crippen LogP contribution in [-0.2, 0) is 5.66 Å². The number of benzene rings is 6. The van der Waals surface area contributed by atoms with Crippen LogP contribution in [0.4, 0.5) is 0 Å². The molecule has 0 saturated carbocycles. The van der Waals surface area contributed by atoms with Crippen LogP contribution in [0.3, 0.4) is 0 Å². The number of pyridine rings is 1. The number of hydrogen-bond donors (Lipinski definition) is 0. The molecule has 51 heavy (non-hydrogen) atoms. The summed E-state index contributed by atoms with van der Waals surface area (Å²) >= 11 is 0. The van der Waals surface area contributed by atoms with Crippen molar-refractivity contribution >= 4 is 65.4 Å². The van der Waals surface area contributed by atoms with Gasteiger partial charge in [-0.15, -0.1) is 4.68 Å². The van der Waals surface area contributed by atoms with Crippen molar-refractivity contribution in [2.45, 2.75) is 5.66 Å². The van der Waals surface area contributed by atoms with Crippen LogP contribution in [0.2, 0.25) is 0 Å². The lowest BCUT2D eigenvalue weighted by Gasteiger charge is -2.32. The van der Waals surface area contributed by atoms with Crippen LogP contribution in [0.25, 0.3) is 88.3 Å². The second kappa shape index (κ2) is 8.09. The van der Waals surface area contributed by atoms with Gasteiger partial charge in [-0.05, 0) is 54.6 Å². The molecule has 0 N–H and O–H groups in total. The lowest BCUT2D eigenvalue weighted by Crippen LogP contribution is -2.76. The van der Waals surface area contributed by atoms with E-state index in [9.17, 15) is 0 Å². The van der Waals surface area contributed by atoms with Crippen LogP contribution in [0.1, 0.15) is 11.1 Å². The Morgan fingerprint density at radius 2 is 1.00 bits per heavy atom. The van der Waals surface area contributed by atoms with Gasteiger partial charge in [0.15, 0.2) is 5.52 Å². The van der Waals surface area contributed by atoms with Gasteiger partial charge in [0.05, 0.1) is 40.1 Å². The maximum absolute atomic E-state index is 2.55. The second-order valence-electron chi connectivity index (χ2n) is 14.3. The number of nitrogens with zero attached hydrogens (tertiary/aromatic N) is 6. The van der Waals surface area contributed by atoms with E-state index in [1.807, 2.05) is 0 Å². The average Bonchev–Trinajstić information content (AvgIpc) is 3.98. The van der Waals surface area contributed by atoms with Crippen molar-refractivity contribution in [1.29, 1.82) is 0 Å². The predicted molar refractivity (Wildman–Crippen MR) is 201 cm³/mol. The molecule has 6 nitrogen and oxygen atoms in total. The molecule has 14 rings (SSSR count). The minimum absolute atomic E-state index is 0.688. The highest BCUT2D eigenvalue weighted by Gasteiger charge is 2.68. The van der Waals surface area contributed by atoms with E-state index in [0.717, 1.165) is 11.5 Å². The third kappa shape index (κ3) is 2.51. The summed E-state index contributed by atoms with van der Waals surface area (Å²) in [5.74, 6) is 1.15. The van der Waals surface area contributed by atoms with Gasteiger partial charge < -0.3 is 9.13 Å². The Labute approximate surface area is 290 Å². The fraction of sp³-hybridized carbons (Fsp3) is 0.0222. The third-order valence-electron chi connectivity index (χ3n) is 12.1. The van der Waals surface area contributed by atoms with E-state index in [1.165, 1.54) is 87.9 Å². The van der Waals surface area contributed by atoms with E-state index in [4.69, 9.17) is 0 Å². The molecule has 11 aromatic rings. The molecule has 234 valence electrons. The van der Waals surface area contributed by atoms with Crippen molar-refractivity contribution in [1.82, 2.24) is 18.4 Å². The largest absolute Gasteiger partial charge is 0.394 e. The van der Waals surface area contributed by atoms with Crippen LogP contribution < -0.4 is 9.25 Å². The summed E-state index contributed by atoms with van der Waals surface area (Å²) in [5, 5.41) is 7.67. The van der Waals surface area contributed by atoms with Crippen LogP contribution in [0.15, 0.2) is 158 Å². The molecule has 0 radical (unpaired) electrons. The molecule has 3 aliphatic heterocycles. The normalized spacial score (nSPS) is 16.3. The molecule has 0 amide bonds. The SMILES string of the molecule is c1cc2c3c(c1)-n1cc(-n4c5ccccc5c5ccccc54)c[n+]1C31c3c4c(cc5c6ccccc6n(c35)-c3cccc[n+]31)c1ccccc1n4-2. The Morgan fingerprint density at radius 3 is 1.69 bits per heavy atom. The number of hydrogen-bond acceptors (Lipinski definition) is 0. The van der Waals surface area contributed by atoms with Crippen molar-refractivity contribution in [3.63, 3.8) is 0 Å². The zero-order chi connectivity index (χ0) is 32.7. The molecule has 0 bridgehead atoms. The number of aromatic nitrogens is 6. The van der Waals surface area contributed by atoms with Gasteiger partial charge in [-0.1, -0.05) is 83.5 Å². The first-order chi connectivity index (χ1) is 25.3. The molecular weight excluding hydrogens is 625 g/mol. The van der Waals surface area contributed by atoms with Gasteiger partial charge in [0.2, 0.25) is 6.20 Å². The van der Waals surface area contributed by atoms with E-state index in [2.05, 4.69) is 186 Å². The van der Waals surface area contributed by atoms with Crippen LogP contribution in [-0.4, -0.2) is 18.4 Å². The fourth-order valence-corrected chi connectivity index (χ4v) is 10.4. The summed E-state index contributed by atoms with van der Waals surface area (Å²) in [4.78, 5) is 0. The van der Waals surface area contributed by atoms with Crippen LogP contribution >= 0.6 is 0 Å². The number of rotatable bonds is 1.